The Morgan fingerprint density at radius 2 is 1.56 bits per heavy atom. The largest absolute Gasteiger partial charge is 0.322 e. The van der Waals surface area contributed by atoms with E-state index in [1.54, 1.807) is 72.8 Å². The molecular formula is C25H15N5O4. The van der Waals surface area contributed by atoms with Crippen molar-refractivity contribution in [1.29, 1.82) is 0 Å². The Morgan fingerprint density at radius 1 is 0.853 bits per heavy atom. The molecule has 9 heteroatoms. The number of H-pyrrole nitrogens is 1. The van der Waals surface area contributed by atoms with Crippen LogP contribution in [0.2, 0.25) is 0 Å². The zero-order valence-electron chi connectivity index (χ0n) is 17.5. The molecule has 1 aliphatic heterocycles. The molecule has 2 aromatic heterocycles. The Kier molecular flexibility index (Phi) is 4.18. The summed E-state index contributed by atoms with van der Waals surface area (Å²) in [5, 5.41) is 7.47. The number of rotatable bonds is 3. The molecule has 1 aliphatic rings. The van der Waals surface area contributed by atoms with E-state index in [1.165, 1.54) is 10.7 Å². The minimum atomic E-state index is -0.500. The lowest BCUT2D eigenvalue weighted by atomic mass is 10.1. The molecule has 3 amide bonds. The SMILES string of the molecule is O=C(Nc1cccc(N2C(=O)c3ccccc3C2=O)c1)c1cnn2c1[nH]c(=O)c1ccccc12. The summed E-state index contributed by atoms with van der Waals surface area (Å²) >= 11 is 0. The Bertz CT molecular complexity index is 1700. The third-order valence-corrected chi connectivity index (χ3v) is 5.78. The van der Waals surface area contributed by atoms with Gasteiger partial charge in [0.2, 0.25) is 0 Å². The van der Waals surface area contributed by atoms with Gasteiger partial charge in [-0.2, -0.15) is 5.10 Å². The van der Waals surface area contributed by atoms with Crippen LogP contribution >= 0.6 is 0 Å². The van der Waals surface area contributed by atoms with E-state index in [0.29, 0.717) is 33.4 Å². The van der Waals surface area contributed by atoms with Gasteiger partial charge in [0, 0.05) is 5.69 Å². The number of aromatic nitrogens is 3. The third kappa shape index (κ3) is 2.84. The first-order valence-electron chi connectivity index (χ1n) is 10.4. The van der Waals surface area contributed by atoms with Crippen LogP contribution in [0.1, 0.15) is 31.1 Å². The standard InChI is InChI=1S/C25H15N5O4/c31-22-18-10-3-4-11-20(18)30-21(28-22)19(13-26-30)23(32)27-14-6-5-7-15(12-14)29-24(33)16-8-1-2-9-17(16)25(29)34/h1-13H,(H,27,32)(H,28,31). The molecule has 6 rings (SSSR count). The molecule has 3 aromatic carbocycles. The lowest BCUT2D eigenvalue weighted by Gasteiger charge is -2.15. The summed E-state index contributed by atoms with van der Waals surface area (Å²) in [6.07, 6.45) is 1.38. The van der Waals surface area contributed by atoms with Gasteiger partial charge < -0.3 is 10.3 Å². The minimum absolute atomic E-state index is 0.175. The number of para-hydroxylation sites is 1. The summed E-state index contributed by atoms with van der Waals surface area (Å²) in [5.41, 5.74) is 2.07. The summed E-state index contributed by atoms with van der Waals surface area (Å²) in [6.45, 7) is 0. The van der Waals surface area contributed by atoms with Crippen molar-refractivity contribution >= 4 is 45.6 Å². The number of nitrogens with one attached hydrogen (secondary N) is 2. The van der Waals surface area contributed by atoms with E-state index < -0.39 is 17.7 Å². The fourth-order valence-corrected chi connectivity index (χ4v) is 4.19. The van der Waals surface area contributed by atoms with Gasteiger partial charge in [0.1, 0.15) is 11.2 Å². The lowest BCUT2D eigenvalue weighted by molar-refractivity contribution is 0.0925. The van der Waals surface area contributed by atoms with E-state index in [9.17, 15) is 19.2 Å². The van der Waals surface area contributed by atoms with Crippen molar-refractivity contribution in [3.05, 3.63) is 106 Å². The van der Waals surface area contributed by atoms with Crippen molar-refractivity contribution in [2.75, 3.05) is 10.2 Å². The fraction of sp³-hybridized carbons (Fsp3) is 0. The molecule has 0 saturated carbocycles. The summed E-state index contributed by atoms with van der Waals surface area (Å²) in [6, 6.07) is 20.0. The second kappa shape index (κ2) is 7.24. The highest BCUT2D eigenvalue weighted by atomic mass is 16.2. The zero-order chi connectivity index (χ0) is 23.4. The van der Waals surface area contributed by atoms with Crippen LogP contribution in [0.15, 0.2) is 83.8 Å². The number of aromatic amines is 1. The molecule has 5 aromatic rings. The van der Waals surface area contributed by atoms with Gasteiger partial charge in [-0.1, -0.05) is 30.3 Å². The Morgan fingerprint density at radius 3 is 2.32 bits per heavy atom. The van der Waals surface area contributed by atoms with Crippen LogP contribution in [0.3, 0.4) is 0 Å². The van der Waals surface area contributed by atoms with Gasteiger partial charge in [0.25, 0.3) is 23.3 Å². The average molecular weight is 449 g/mol. The zero-order valence-corrected chi connectivity index (χ0v) is 17.5. The highest BCUT2D eigenvalue weighted by Gasteiger charge is 2.36. The number of imide groups is 1. The summed E-state index contributed by atoms with van der Waals surface area (Å²) < 4.78 is 1.50. The highest BCUT2D eigenvalue weighted by Crippen LogP contribution is 2.30. The number of hydrogen-bond donors (Lipinski definition) is 2. The molecule has 0 unspecified atom stereocenters. The van der Waals surface area contributed by atoms with E-state index in [2.05, 4.69) is 15.4 Å². The lowest BCUT2D eigenvalue weighted by Crippen LogP contribution is -2.29. The van der Waals surface area contributed by atoms with Gasteiger partial charge in [-0.05, 0) is 42.5 Å². The van der Waals surface area contributed by atoms with E-state index in [4.69, 9.17) is 0 Å². The van der Waals surface area contributed by atoms with E-state index in [0.717, 1.165) is 4.90 Å². The number of anilines is 2. The van der Waals surface area contributed by atoms with Crippen LogP contribution in [-0.4, -0.2) is 32.3 Å². The van der Waals surface area contributed by atoms with Crippen LogP contribution in [0.5, 0.6) is 0 Å². The molecule has 0 bridgehead atoms. The quantitative estimate of drug-likeness (QED) is 0.410. The minimum Gasteiger partial charge on any atom is -0.322 e. The maximum absolute atomic E-state index is 13.0. The molecule has 164 valence electrons. The number of carbonyl (C=O) groups excluding carboxylic acids is 3. The van der Waals surface area contributed by atoms with Gasteiger partial charge >= 0.3 is 0 Å². The Labute approximate surface area is 191 Å². The molecule has 0 saturated heterocycles. The normalized spacial score (nSPS) is 13.0. The fourth-order valence-electron chi connectivity index (χ4n) is 4.19. The van der Waals surface area contributed by atoms with Gasteiger partial charge in [0.05, 0.1) is 33.9 Å². The number of hydrogen-bond acceptors (Lipinski definition) is 5. The molecular weight excluding hydrogens is 434 g/mol. The number of nitrogens with zero attached hydrogens (tertiary/aromatic N) is 3. The number of fused-ring (bicyclic) bond motifs is 4. The van der Waals surface area contributed by atoms with Crippen LogP contribution in [-0.2, 0) is 0 Å². The van der Waals surface area contributed by atoms with E-state index in [-0.39, 0.29) is 16.8 Å². The average Bonchev–Trinajstić information content (AvgIpc) is 3.39. The summed E-state index contributed by atoms with van der Waals surface area (Å²) in [7, 11) is 0. The van der Waals surface area contributed by atoms with Gasteiger partial charge in [0.15, 0.2) is 0 Å². The second-order valence-corrected chi connectivity index (χ2v) is 7.79. The first kappa shape index (κ1) is 19.6. The van der Waals surface area contributed by atoms with Crippen LogP contribution in [0.4, 0.5) is 11.4 Å². The van der Waals surface area contributed by atoms with E-state index >= 15 is 0 Å². The molecule has 2 N–H and O–H groups in total. The summed E-state index contributed by atoms with van der Waals surface area (Å²) in [5.74, 6) is -1.34. The van der Waals surface area contributed by atoms with Crippen molar-refractivity contribution in [1.82, 2.24) is 14.6 Å². The van der Waals surface area contributed by atoms with Crippen molar-refractivity contribution in [2.24, 2.45) is 0 Å². The first-order valence-corrected chi connectivity index (χ1v) is 10.4. The molecule has 0 aliphatic carbocycles. The predicted octanol–water partition coefficient (Wildman–Crippen LogP) is 3.23. The number of amides is 3. The van der Waals surface area contributed by atoms with Crippen molar-refractivity contribution < 1.29 is 14.4 Å². The monoisotopic (exact) mass is 449 g/mol. The topological polar surface area (TPSA) is 117 Å². The van der Waals surface area contributed by atoms with Gasteiger partial charge in [-0.3, -0.25) is 19.2 Å². The molecule has 9 nitrogen and oxygen atoms in total. The first-order chi connectivity index (χ1) is 16.5. The molecule has 34 heavy (non-hydrogen) atoms. The van der Waals surface area contributed by atoms with Crippen molar-refractivity contribution in [3.8, 4) is 0 Å². The van der Waals surface area contributed by atoms with Crippen molar-refractivity contribution in [2.45, 2.75) is 0 Å². The molecule has 0 spiro atoms. The number of benzene rings is 3. The van der Waals surface area contributed by atoms with Gasteiger partial charge in [-0.25, -0.2) is 9.42 Å². The smallest absolute Gasteiger partial charge is 0.266 e. The second-order valence-electron chi connectivity index (χ2n) is 7.79. The van der Waals surface area contributed by atoms with Crippen LogP contribution in [0.25, 0.3) is 16.6 Å². The molecule has 0 radical (unpaired) electrons. The molecule has 3 heterocycles. The van der Waals surface area contributed by atoms with Crippen molar-refractivity contribution in [3.63, 3.8) is 0 Å². The Hall–Kier alpha value is -5.05. The van der Waals surface area contributed by atoms with E-state index in [1.807, 2.05) is 0 Å². The summed E-state index contributed by atoms with van der Waals surface area (Å²) in [4.78, 5) is 54.9. The predicted molar refractivity (Wildman–Crippen MR) is 125 cm³/mol. The maximum atomic E-state index is 13.0. The highest BCUT2D eigenvalue weighted by molar-refractivity contribution is 6.34. The number of carbonyl (C=O) groups is 3. The van der Waals surface area contributed by atoms with Crippen LogP contribution in [0, 0.1) is 0 Å². The van der Waals surface area contributed by atoms with Crippen LogP contribution < -0.4 is 15.8 Å². The molecule has 0 atom stereocenters. The maximum Gasteiger partial charge on any atom is 0.266 e. The Balaban J connectivity index is 1.34. The third-order valence-electron chi connectivity index (χ3n) is 5.78. The van der Waals surface area contributed by atoms with Gasteiger partial charge in [-0.15, -0.1) is 0 Å². The molecule has 0 fully saturated rings.